The van der Waals surface area contributed by atoms with Crippen molar-refractivity contribution >= 4 is 5.91 Å². The molecule has 3 nitrogen and oxygen atoms in total. The van der Waals surface area contributed by atoms with E-state index in [1.165, 1.54) is 24.3 Å². The first-order chi connectivity index (χ1) is 14.6. The molecule has 154 valence electrons. The fraction of sp³-hybridized carbons (Fsp3) is 0.280. The number of pyridine rings is 1. The van der Waals surface area contributed by atoms with Gasteiger partial charge in [0.25, 0.3) is 0 Å². The van der Waals surface area contributed by atoms with E-state index in [-0.39, 0.29) is 29.9 Å². The molecule has 2 aromatic carbocycles. The second kappa shape index (κ2) is 9.16. The lowest BCUT2D eigenvalue weighted by Gasteiger charge is -2.32. The zero-order valence-electron chi connectivity index (χ0n) is 16.7. The first-order valence-corrected chi connectivity index (χ1v) is 10.3. The summed E-state index contributed by atoms with van der Waals surface area (Å²) in [4.78, 5) is 19.5. The van der Waals surface area contributed by atoms with Gasteiger partial charge < -0.3 is 4.90 Å². The third kappa shape index (κ3) is 5.09. The molecule has 1 atom stereocenters. The first-order valence-electron chi connectivity index (χ1n) is 10.3. The minimum Gasteiger partial charge on any atom is -0.342 e. The minimum atomic E-state index is -0.296. The zero-order valence-corrected chi connectivity index (χ0v) is 16.7. The number of halogens is 2. The number of carbonyl (C=O) groups is 1. The molecule has 4 rings (SSSR count). The molecule has 3 aromatic rings. The first kappa shape index (κ1) is 20.2. The van der Waals surface area contributed by atoms with Crippen LogP contribution in [0.1, 0.15) is 41.3 Å². The number of hydrogen-bond acceptors (Lipinski definition) is 2. The van der Waals surface area contributed by atoms with E-state index in [0.717, 1.165) is 41.9 Å². The van der Waals surface area contributed by atoms with E-state index in [0.29, 0.717) is 13.0 Å². The Balaban J connectivity index is 1.42. The Kier molecular flexibility index (Phi) is 6.17. The number of rotatable bonds is 5. The van der Waals surface area contributed by atoms with Gasteiger partial charge in [0, 0.05) is 36.8 Å². The van der Waals surface area contributed by atoms with E-state index in [2.05, 4.69) is 0 Å². The highest BCUT2D eigenvalue weighted by molar-refractivity contribution is 5.79. The van der Waals surface area contributed by atoms with Crippen molar-refractivity contribution in [3.63, 3.8) is 0 Å². The Morgan fingerprint density at radius 1 is 0.933 bits per heavy atom. The number of hydrogen-bond donors (Lipinski definition) is 0. The van der Waals surface area contributed by atoms with E-state index in [1.54, 1.807) is 24.3 Å². The van der Waals surface area contributed by atoms with Crippen LogP contribution in [0.2, 0.25) is 0 Å². The number of piperidine rings is 1. The van der Waals surface area contributed by atoms with E-state index in [4.69, 9.17) is 4.98 Å². The molecular weight excluding hydrogens is 382 g/mol. The summed E-state index contributed by atoms with van der Waals surface area (Å²) >= 11 is 0. The maximum Gasteiger partial charge on any atom is 0.227 e. The van der Waals surface area contributed by atoms with Crippen molar-refractivity contribution in [1.82, 2.24) is 9.88 Å². The smallest absolute Gasteiger partial charge is 0.227 e. The Hall–Kier alpha value is -3.08. The Morgan fingerprint density at radius 3 is 2.30 bits per heavy atom. The van der Waals surface area contributed by atoms with Gasteiger partial charge in [-0.05, 0) is 60.4 Å². The van der Waals surface area contributed by atoms with Gasteiger partial charge in [-0.25, -0.2) is 8.78 Å². The second-order valence-corrected chi connectivity index (χ2v) is 7.84. The van der Waals surface area contributed by atoms with Gasteiger partial charge in [-0.1, -0.05) is 30.3 Å². The predicted octanol–water partition coefficient (Wildman–Crippen LogP) is 4.90. The fourth-order valence-electron chi connectivity index (χ4n) is 3.97. The van der Waals surface area contributed by atoms with Crippen LogP contribution in [0, 0.1) is 11.6 Å². The van der Waals surface area contributed by atoms with Crippen molar-refractivity contribution in [3.05, 3.63) is 101 Å². The number of likely N-dealkylation sites (tertiary alicyclic amines) is 1. The van der Waals surface area contributed by atoms with Crippen LogP contribution in [0.15, 0.2) is 66.7 Å². The quantitative estimate of drug-likeness (QED) is 0.604. The summed E-state index contributed by atoms with van der Waals surface area (Å²) in [7, 11) is 0. The molecule has 30 heavy (non-hydrogen) atoms. The maximum atomic E-state index is 13.1. The lowest BCUT2D eigenvalue weighted by molar-refractivity contribution is -0.131. The molecule has 1 unspecified atom stereocenters. The average Bonchev–Trinajstić information content (AvgIpc) is 2.77. The molecule has 0 spiro atoms. The standard InChI is InChI=1S/C25H24F2N2O/c26-21-10-6-18(7-11-21)15-23-4-1-5-24(28-23)20-3-2-14-29(17-20)25(30)16-19-8-12-22(27)13-9-19/h1,4-13,20H,2-3,14-17H2. The van der Waals surface area contributed by atoms with Gasteiger partial charge in [0.15, 0.2) is 0 Å². The van der Waals surface area contributed by atoms with Crippen LogP contribution < -0.4 is 0 Å². The second-order valence-electron chi connectivity index (χ2n) is 7.84. The fourth-order valence-corrected chi connectivity index (χ4v) is 3.97. The molecule has 0 aliphatic carbocycles. The molecule has 1 saturated heterocycles. The minimum absolute atomic E-state index is 0.0637. The molecule has 1 fully saturated rings. The van der Waals surface area contributed by atoms with Crippen LogP contribution in [0.5, 0.6) is 0 Å². The summed E-state index contributed by atoms with van der Waals surface area (Å²) < 4.78 is 26.2. The Labute approximate surface area is 175 Å². The molecule has 0 radical (unpaired) electrons. The Morgan fingerprint density at radius 2 is 1.60 bits per heavy atom. The number of benzene rings is 2. The van der Waals surface area contributed by atoms with Crippen LogP contribution in [-0.2, 0) is 17.6 Å². The molecule has 5 heteroatoms. The van der Waals surface area contributed by atoms with Gasteiger partial charge in [0.2, 0.25) is 5.91 Å². The monoisotopic (exact) mass is 406 g/mol. The average molecular weight is 406 g/mol. The van der Waals surface area contributed by atoms with E-state index >= 15 is 0 Å². The topological polar surface area (TPSA) is 33.2 Å². The summed E-state index contributed by atoms with van der Waals surface area (Å²) in [6.45, 7) is 1.39. The highest BCUT2D eigenvalue weighted by Gasteiger charge is 2.25. The summed E-state index contributed by atoms with van der Waals surface area (Å²) in [5.41, 5.74) is 3.77. The van der Waals surface area contributed by atoms with Gasteiger partial charge >= 0.3 is 0 Å². The number of carbonyl (C=O) groups excluding carboxylic acids is 1. The molecule has 1 aliphatic rings. The van der Waals surface area contributed by atoms with Crippen LogP contribution in [-0.4, -0.2) is 28.9 Å². The van der Waals surface area contributed by atoms with E-state index in [9.17, 15) is 13.6 Å². The molecule has 0 bridgehead atoms. The third-order valence-electron chi connectivity index (χ3n) is 5.59. The molecule has 1 amide bonds. The number of aromatic nitrogens is 1. The summed E-state index contributed by atoms with van der Waals surface area (Å²) in [6, 6.07) is 18.6. The number of nitrogens with zero attached hydrogens (tertiary/aromatic N) is 2. The normalized spacial score (nSPS) is 16.5. The van der Waals surface area contributed by atoms with Crippen molar-refractivity contribution in [1.29, 1.82) is 0 Å². The molecule has 0 saturated carbocycles. The van der Waals surface area contributed by atoms with Crippen molar-refractivity contribution in [3.8, 4) is 0 Å². The summed E-state index contributed by atoms with van der Waals surface area (Å²) in [5, 5.41) is 0. The van der Waals surface area contributed by atoms with Crippen molar-refractivity contribution in [2.45, 2.75) is 31.6 Å². The van der Waals surface area contributed by atoms with Crippen molar-refractivity contribution < 1.29 is 13.6 Å². The van der Waals surface area contributed by atoms with Crippen LogP contribution in [0.25, 0.3) is 0 Å². The maximum absolute atomic E-state index is 13.1. The Bertz CT molecular complexity index is 1000. The van der Waals surface area contributed by atoms with Gasteiger partial charge in [-0.3, -0.25) is 9.78 Å². The van der Waals surface area contributed by atoms with Crippen LogP contribution >= 0.6 is 0 Å². The van der Waals surface area contributed by atoms with Crippen molar-refractivity contribution in [2.24, 2.45) is 0 Å². The van der Waals surface area contributed by atoms with Gasteiger partial charge in [0.05, 0.1) is 6.42 Å². The SMILES string of the molecule is O=C(Cc1ccc(F)cc1)N1CCCC(c2cccc(Cc3ccc(F)cc3)n2)C1. The lowest BCUT2D eigenvalue weighted by Crippen LogP contribution is -2.40. The highest BCUT2D eigenvalue weighted by atomic mass is 19.1. The zero-order chi connectivity index (χ0) is 20.9. The largest absolute Gasteiger partial charge is 0.342 e. The molecule has 0 N–H and O–H groups in total. The third-order valence-corrected chi connectivity index (χ3v) is 5.59. The summed E-state index contributed by atoms with van der Waals surface area (Å²) in [5.74, 6) is -0.276. The van der Waals surface area contributed by atoms with Gasteiger partial charge in [0.1, 0.15) is 11.6 Å². The van der Waals surface area contributed by atoms with Gasteiger partial charge in [-0.2, -0.15) is 0 Å². The van der Waals surface area contributed by atoms with E-state index in [1.807, 2.05) is 23.1 Å². The molecule has 1 aliphatic heterocycles. The highest BCUT2D eigenvalue weighted by Crippen LogP contribution is 2.26. The van der Waals surface area contributed by atoms with Crippen LogP contribution in [0.4, 0.5) is 8.78 Å². The summed E-state index contributed by atoms with van der Waals surface area (Å²) in [6.07, 6.45) is 2.86. The van der Waals surface area contributed by atoms with Crippen molar-refractivity contribution in [2.75, 3.05) is 13.1 Å². The van der Waals surface area contributed by atoms with Gasteiger partial charge in [-0.15, -0.1) is 0 Å². The lowest BCUT2D eigenvalue weighted by atomic mass is 9.93. The van der Waals surface area contributed by atoms with Crippen LogP contribution in [0.3, 0.4) is 0 Å². The van der Waals surface area contributed by atoms with E-state index < -0.39 is 0 Å². The number of amides is 1. The predicted molar refractivity (Wildman–Crippen MR) is 112 cm³/mol. The molecule has 1 aromatic heterocycles. The molecule has 2 heterocycles. The molecular formula is C25H24F2N2O.